The van der Waals surface area contributed by atoms with E-state index in [0.29, 0.717) is 0 Å². The van der Waals surface area contributed by atoms with E-state index < -0.39 is 6.04 Å². The summed E-state index contributed by atoms with van der Waals surface area (Å²) in [7, 11) is 0. The Balaban J connectivity index is 2.07. The number of aromatic nitrogens is 1. The third-order valence-electron chi connectivity index (χ3n) is 3.53. The van der Waals surface area contributed by atoms with Crippen LogP contribution >= 0.6 is 11.3 Å². The van der Waals surface area contributed by atoms with Crippen LogP contribution < -0.4 is 11.1 Å². The quantitative estimate of drug-likeness (QED) is 0.858. The minimum absolute atomic E-state index is 0.0376. The van der Waals surface area contributed by atoms with Crippen LogP contribution in [0, 0.1) is 6.92 Å². The van der Waals surface area contributed by atoms with Crippen LogP contribution in [-0.4, -0.2) is 16.9 Å². The van der Waals surface area contributed by atoms with Crippen molar-refractivity contribution in [2.24, 2.45) is 5.73 Å². The molecule has 1 heterocycles. The molecule has 1 unspecified atom stereocenters. The maximum absolute atomic E-state index is 12.1. The number of hydrogen-bond acceptors (Lipinski definition) is 4. The highest BCUT2D eigenvalue weighted by molar-refractivity contribution is 7.09. The van der Waals surface area contributed by atoms with E-state index in [4.69, 9.17) is 5.73 Å². The Morgan fingerprint density at radius 3 is 2.83 bits per heavy atom. The van der Waals surface area contributed by atoms with Crippen LogP contribution in [0.4, 0.5) is 0 Å². The van der Waals surface area contributed by atoms with Crippen molar-refractivity contribution in [1.82, 2.24) is 10.3 Å². The lowest BCUT2D eigenvalue weighted by Crippen LogP contribution is -2.55. The summed E-state index contributed by atoms with van der Waals surface area (Å²) in [5, 5.41) is 6.19. The molecule has 18 heavy (non-hydrogen) atoms. The van der Waals surface area contributed by atoms with Gasteiger partial charge in [-0.2, -0.15) is 0 Å². The summed E-state index contributed by atoms with van der Waals surface area (Å²) in [6, 6.07) is -0.395. The minimum Gasteiger partial charge on any atom is -0.343 e. The molecule has 100 valence electrons. The van der Waals surface area contributed by atoms with E-state index in [1.807, 2.05) is 19.2 Å². The van der Waals surface area contributed by atoms with Gasteiger partial charge in [0.15, 0.2) is 0 Å². The number of carbonyl (C=O) groups excluding carboxylic acids is 1. The number of hydrogen-bond donors (Lipinski definition) is 2. The van der Waals surface area contributed by atoms with Crippen molar-refractivity contribution in [2.45, 2.75) is 57.5 Å². The third kappa shape index (κ3) is 2.57. The van der Waals surface area contributed by atoms with Gasteiger partial charge in [-0.1, -0.05) is 13.3 Å². The fourth-order valence-corrected chi connectivity index (χ4v) is 3.28. The molecule has 0 radical (unpaired) electrons. The normalized spacial score (nSPS) is 19.1. The summed E-state index contributed by atoms with van der Waals surface area (Å²) in [5.74, 6) is -0.0376. The number of nitrogens with one attached hydrogen (secondary N) is 1. The van der Waals surface area contributed by atoms with Gasteiger partial charge in [0, 0.05) is 11.1 Å². The maximum Gasteiger partial charge on any atom is 0.237 e. The summed E-state index contributed by atoms with van der Waals surface area (Å²) in [5.41, 5.74) is 6.65. The van der Waals surface area contributed by atoms with Crippen LogP contribution in [0.1, 0.15) is 49.7 Å². The highest BCUT2D eigenvalue weighted by atomic mass is 32.1. The van der Waals surface area contributed by atoms with E-state index >= 15 is 0 Å². The van der Waals surface area contributed by atoms with Gasteiger partial charge in [0.2, 0.25) is 5.91 Å². The fourth-order valence-electron chi connectivity index (χ4n) is 2.27. The third-order valence-corrected chi connectivity index (χ3v) is 4.70. The van der Waals surface area contributed by atoms with Gasteiger partial charge < -0.3 is 11.1 Å². The first-order valence-electron chi connectivity index (χ1n) is 6.57. The van der Waals surface area contributed by atoms with Gasteiger partial charge in [0.1, 0.15) is 5.01 Å². The van der Waals surface area contributed by atoms with Crippen LogP contribution in [-0.2, 0) is 10.3 Å². The average molecular weight is 267 g/mol. The lowest BCUT2D eigenvalue weighted by atomic mass is 9.77. The van der Waals surface area contributed by atoms with Gasteiger partial charge in [0.05, 0.1) is 11.6 Å². The molecule has 0 aliphatic heterocycles. The van der Waals surface area contributed by atoms with Gasteiger partial charge >= 0.3 is 0 Å². The van der Waals surface area contributed by atoms with Crippen LogP contribution in [0.2, 0.25) is 0 Å². The van der Waals surface area contributed by atoms with E-state index in [9.17, 15) is 4.79 Å². The molecule has 1 atom stereocenters. The molecule has 0 saturated heterocycles. The van der Waals surface area contributed by atoms with Crippen molar-refractivity contribution in [1.29, 1.82) is 0 Å². The maximum atomic E-state index is 12.1. The van der Waals surface area contributed by atoms with Gasteiger partial charge in [-0.25, -0.2) is 4.98 Å². The molecule has 0 bridgehead atoms. The molecule has 4 nitrogen and oxygen atoms in total. The Morgan fingerprint density at radius 2 is 2.39 bits per heavy atom. The van der Waals surface area contributed by atoms with E-state index in [-0.39, 0.29) is 11.4 Å². The van der Waals surface area contributed by atoms with E-state index in [1.165, 1.54) is 0 Å². The predicted octanol–water partition coefficient (Wildman–Crippen LogP) is 2.07. The molecule has 1 saturated carbocycles. The van der Waals surface area contributed by atoms with Crippen molar-refractivity contribution in [3.8, 4) is 0 Å². The van der Waals surface area contributed by atoms with E-state index in [1.54, 1.807) is 11.3 Å². The summed E-state index contributed by atoms with van der Waals surface area (Å²) >= 11 is 1.63. The first-order valence-corrected chi connectivity index (χ1v) is 7.45. The summed E-state index contributed by atoms with van der Waals surface area (Å²) in [4.78, 5) is 16.6. The zero-order valence-corrected chi connectivity index (χ0v) is 11.8. The first-order chi connectivity index (χ1) is 8.57. The summed E-state index contributed by atoms with van der Waals surface area (Å²) in [6.07, 6.45) is 4.76. The zero-order chi connectivity index (χ0) is 13.2. The second kappa shape index (κ2) is 5.36. The van der Waals surface area contributed by atoms with Crippen molar-refractivity contribution >= 4 is 17.2 Å². The first kappa shape index (κ1) is 13.5. The molecule has 5 heteroatoms. The van der Waals surface area contributed by atoms with Crippen LogP contribution in [0.15, 0.2) is 5.38 Å². The molecule has 0 aromatic carbocycles. The Kier molecular flexibility index (Phi) is 4.02. The standard InChI is InChI=1S/C13H21N3OS/c1-3-5-10(14)11(17)16-13(6-4-7-13)12-15-9(2)8-18-12/h8,10H,3-7,14H2,1-2H3,(H,16,17). The number of carbonyl (C=O) groups is 1. The number of nitrogens with zero attached hydrogens (tertiary/aromatic N) is 1. The fraction of sp³-hybridized carbons (Fsp3) is 0.692. The molecule has 1 aliphatic carbocycles. The van der Waals surface area contributed by atoms with Crippen LogP contribution in [0.25, 0.3) is 0 Å². The lowest BCUT2D eigenvalue weighted by molar-refractivity contribution is -0.125. The van der Waals surface area contributed by atoms with Gasteiger partial charge in [-0.15, -0.1) is 11.3 Å². The topological polar surface area (TPSA) is 68.0 Å². The Labute approximate surface area is 112 Å². The highest BCUT2D eigenvalue weighted by Gasteiger charge is 2.43. The summed E-state index contributed by atoms with van der Waals surface area (Å²) in [6.45, 7) is 4.02. The summed E-state index contributed by atoms with van der Waals surface area (Å²) < 4.78 is 0. The van der Waals surface area contributed by atoms with Crippen LogP contribution in [0.3, 0.4) is 0 Å². The van der Waals surface area contributed by atoms with Crippen molar-refractivity contribution < 1.29 is 4.79 Å². The smallest absolute Gasteiger partial charge is 0.237 e. The molecule has 2 rings (SSSR count). The molecule has 1 aliphatic rings. The van der Waals surface area contributed by atoms with Gasteiger partial charge in [-0.3, -0.25) is 4.79 Å². The molecule has 1 aromatic rings. The molecule has 0 spiro atoms. The molecule has 1 amide bonds. The van der Waals surface area contributed by atoms with Gasteiger partial charge in [0.25, 0.3) is 0 Å². The van der Waals surface area contributed by atoms with Crippen molar-refractivity contribution in [3.05, 3.63) is 16.1 Å². The Morgan fingerprint density at radius 1 is 1.67 bits per heavy atom. The zero-order valence-electron chi connectivity index (χ0n) is 11.0. The lowest BCUT2D eigenvalue weighted by Gasteiger charge is -2.41. The van der Waals surface area contributed by atoms with Gasteiger partial charge in [-0.05, 0) is 32.6 Å². The monoisotopic (exact) mass is 267 g/mol. The molecule has 1 aromatic heterocycles. The number of rotatable bonds is 5. The van der Waals surface area contributed by atoms with Crippen molar-refractivity contribution in [2.75, 3.05) is 0 Å². The van der Waals surface area contributed by atoms with Crippen LogP contribution in [0.5, 0.6) is 0 Å². The largest absolute Gasteiger partial charge is 0.343 e. The second-order valence-corrected chi connectivity index (χ2v) is 5.97. The minimum atomic E-state index is -0.395. The number of amides is 1. The Bertz CT molecular complexity index is 426. The van der Waals surface area contributed by atoms with Crippen molar-refractivity contribution in [3.63, 3.8) is 0 Å². The Hall–Kier alpha value is -0.940. The highest BCUT2D eigenvalue weighted by Crippen LogP contribution is 2.42. The average Bonchev–Trinajstić information content (AvgIpc) is 2.70. The molecule has 1 fully saturated rings. The second-order valence-electron chi connectivity index (χ2n) is 5.11. The molecule has 3 N–H and O–H groups in total. The molecular weight excluding hydrogens is 246 g/mol. The SMILES string of the molecule is CCCC(N)C(=O)NC1(c2nc(C)cs2)CCC1. The number of thiazole rings is 1. The number of aryl methyl sites for hydroxylation is 1. The van der Waals surface area contributed by atoms with E-state index in [0.717, 1.165) is 42.8 Å². The molecular formula is C13H21N3OS. The predicted molar refractivity (Wildman–Crippen MR) is 73.4 cm³/mol. The number of nitrogens with two attached hydrogens (primary N) is 1. The van der Waals surface area contributed by atoms with E-state index in [2.05, 4.69) is 10.3 Å².